The van der Waals surface area contributed by atoms with Crippen LogP contribution in [-0.2, 0) is 11.1 Å². The maximum Gasteiger partial charge on any atom is 0.0892 e. The van der Waals surface area contributed by atoms with E-state index in [1.807, 2.05) is 0 Å². The molecule has 4 N–H and O–H groups in total. The average Bonchev–Trinajstić information content (AvgIpc) is 1.85. The predicted octanol–water partition coefficient (Wildman–Crippen LogP) is -2.21. The second kappa shape index (κ2) is 8.99. The maximum absolute atomic E-state index is 9.00. The molecule has 0 amide bonds. The lowest BCUT2D eigenvalue weighted by Crippen LogP contribution is -2.22. The number of aliphatic hydroxyl groups is 2. The van der Waals surface area contributed by atoms with E-state index in [1.165, 1.54) is 0 Å². The van der Waals surface area contributed by atoms with E-state index in [9.17, 15) is 0 Å². The van der Waals surface area contributed by atoms with Crippen LogP contribution in [0.2, 0.25) is 0 Å². The first-order valence-electron chi connectivity index (χ1n) is 2.54. The van der Waals surface area contributed by atoms with Gasteiger partial charge in [-0.05, 0) is 6.26 Å². The summed E-state index contributed by atoms with van der Waals surface area (Å²) in [5.74, 6) is 0. The highest BCUT2D eigenvalue weighted by atomic mass is 32.2. The number of nitrogens with two attached hydrogens (primary N) is 1. The van der Waals surface area contributed by atoms with Gasteiger partial charge in [0.25, 0.3) is 0 Å². The molecule has 2 unspecified atom stereocenters. The smallest absolute Gasteiger partial charge is 0.0892 e. The molecule has 0 aromatic rings. The Labute approximate surface area is 62.1 Å². The van der Waals surface area contributed by atoms with Crippen LogP contribution in [0.25, 0.3) is 0 Å². The third-order valence-electron chi connectivity index (χ3n) is 0.483. The van der Waals surface area contributed by atoms with Crippen molar-refractivity contribution in [2.75, 3.05) is 19.4 Å². The summed E-state index contributed by atoms with van der Waals surface area (Å²) in [6.07, 6.45) is 0.352. The Hall–Kier alpha value is -0.0100. The van der Waals surface area contributed by atoms with Gasteiger partial charge in [-0.15, -0.1) is 0 Å². The molecule has 0 rings (SSSR count). The van der Waals surface area contributed by atoms with E-state index in [1.54, 1.807) is 0 Å². The van der Waals surface area contributed by atoms with Crippen LogP contribution in [0.3, 0.4) is 0 Å². The van der Waals surface area contributed by atoms with Crippen molar-refractivity contribution in [1.82, 2.24) is 0 Å². The van der Waals surface area contributed by atoms with E-state index in [-0.39, 0.29) is 13.2 Å². The van der Waals surface area contributed by atoms with Crippen molar-refractivity contribution in [3.8, 4) is 0 Å². The van der Waals surface area contributed by atoms with Crippen molar-refractivity contribution in [2.45, 2.75) is 6.10 Å². The molecule has 2 atom stereocenters. The minimum absolute atomic E-state index is 0.135. The molecule has 5 nitrogen and oxygen atoms in total. The number of hydrogen-bond acceptors (Lipinski definition) is 5. The molecule has 0 aromatic carbocycles. The highest BCUT2D eigenvalue weighted by Crippen LogP contribution is 1.69. The summed E-state index contributed by atoms with van der Waals surface area (Å²) in [5, 5.41) is 16.3. The molecular weight excluding hydrogens is 158 g/mol. The third-order valence-corrected chi connectivity index (χ3v) is 0.483. The SMILES string of the molecule is CS(=O)[O-].NCC(O)CO. The van der Waals surface area contributed by atoms with Gasteiger partial charge in [0.1, 0.15) is 0 Å². The van der Waals surface area contributed by atoms with Gasteiger partial charge in [-0.1, -0.05) is 11.1 Å². The highest BCUT2D eigenvalue weighted by molar-refractivity contribution is 7.78. The topological polar surface area (TPSA) is 107 Å². The van der Waals surface area contributed by atoms with Gasteiger partial charge in [-0.25, -0.2) is 0 Å². The monoisotopic (exact) mass is 170 g/mol. The molecular formula is C4H12NO4S-. The van der Waals surface area contributed by atoms with E-state index in [0.29, 0.717) is 0 Å². The molecule has 0 saturated heterocycles. The van der Waals surface area contributed by atoms with Gasteiger partial charge >= 0.3 is 0 Å². The van der Waals surface area contributed by atoms with E-state index in [2.05, 4.69) is 0 Å². The van der Waals surface area contributed by atoms with Crippen LogP contribution in [-0.4, -0.2) is 44.5 Å². The van der Waals surface area contributed by atoms with Crippen LogP contribution < -0.4 is 5.73 Å². The first kappa shape index (κ1) is 12.6. The fourth-order valence-corrected chi connectivity index (χ4v) is 0.0745. The Morgan fingerprint density at radius 2 is 2.10 bits per heavy atom. The lowest BCUT2D eigenvalue weighted by molar-refractivity contribution is 0.102. The van der Waals surface area contributed by atoms with Gasteiger partial charge in [0, 0.05) is 6.54 Å². The Bertz CT molecular complexity index is 81.3. The lowest BCUT2D eigenvalue weighted by atomic mass is 10.4. The molecule has 64 valence electrons. The minimum Gasteiger partial charge on any atom is -0.773 e. The van der Waals surface area contributed by atoms with Crippen molar-refractivity contribution >= 4 is 11.1 Å². The van der Waals surface area contributed by atoms with Crippen molar-refractivity contribution in [1.29, 1.82) is 0 Å². The first-order chi connectivity index (χ1) is 4.54. The molecule has 0 aliphatic heterocycles. The van der Waals surface area contributed by atoms with Crippen LogP contribution in [0.15, 0.2) is 0 Å². The number of rotatable bonds is 2. The molecule has 0 heterocycles. The summed E-state index contributed by atoms with van der Waals surface area (Å²) in [6.45, 7) is -0.104. The number of hydrogen-bond donors (Lipinski definition) is 3. The van der Waals surface area contributed by atoms with E-state index >= 15 is 0 Å². The van der Waals surface area contributed by atoms with Gasteiger partial charge in [-0.3, -0.25) is 4.21 Å². The summed E-state index contributed by atoms with van der Waals surface area (Å²) < 4.78 is 18.0. The minimum atomic E-state index is -1.86. The van der Waals surface area contributed by atoms with Crippen LogP contribution >= 0.6 is 0 Å². The second-order valence-electron chi connectivity index (χ2n) is 1.47. The lowest BCUT2D eigenvalue weighted by Gasteiger charge is -1.97. The zero-order valence-electron chi connectivity index (χ0n) is 5.69. The summed E-state index contributed by atoms with van der Waals surface area (Å²) >= 11 is -1.86. The number of aliphatic hydroxyl groups excluding tert-OH is 2. The van der Waals surface area contributed by atoms with Crippen LogP contribution in [0.4, 0.5) is 0 Å². The third kappa shape index (κ3) is 24.5. The second-order valence-corrected chi connectivity index (χ2v) is 2.28. The molecule has 0 aliphatic carbocycles. The molecule has 0 saturated carbocycles. The molecule has 0 spiro atoms. The van der Waals surface area contributed by atoms with Gasteiger partial charge < -0.3 is 20.5 Å². The molecule has 0 fully saturated rings. The largest absolute Gasteiger partial charge is 0.773 e. The van der Waals surface area contributed by atoms with Crippen molar-refractivity contribution < 1.29 is 19.0 Å². The predicted molar refractivity (Wildman–Crippen MR) is 37.0 cm³/mol. The Morgan fingerprint density at radius 3 is 2.10 bits per heavy atom. The molecule has 6 heteroatoms. The molecule has 0 aromatic heterocycles. The summed E-state index contributed by atoms with van der Waals surface area (Å²) in [7, 11) is 0. The van der Waals surface area contributed by atoms with E-state index in [4.69, 9.17) is 24.7 Å². The fraction of sp³-hybridized carbons (Fsp3) is 1.00. The maximum atomic E-state index is 9.00. The van der Waals surface area contributed by atoms with Crippen LogP contribution in [0.1, 0.15) is 0 Å². The Morgan fingerprint density at radius 1 is 1.80 bits per heavy atom. The van der Waals surface area contributed by atoms with Gasteiger partial charge in [0.2, 0.25) is 0 Å². The normalized spacial score (nSPS) is 14.9. The quantitative estimate of drug-likeness (QED) is 0.407. The standard InChI is InChI=1S/C3H9NO2.CH4O2S/c4-1-3(6)2-5;1-4(2)3/h3,5-6H,1-2,4H2;1H3,(H,2,3)/p-1. The van der Waals surface area contributed by atoms with Crippen LogP contribution in [0, 0.1) is 0 Å². The molecule has 10 heavy (non-hydrogen) atoms. The van der Waals surface area contributed by atoms with Crippen molar-refractivity contribution in [3.05, 3.63) is 0 Å². The molecule has 0 bridgehead atoms. The molecule has 0 aliphatic rings. The summed E-state index contributed by atoms with van der Waals surface area (Å²) in [4.78, 5) is 0. The first-order valence-corrected chi connectivity index (χ1v) is 4.02. The van der Waals surface area contributed by atoms with Gasteiger partial charge in [0.05, 0.1) is 12.7 Å². The Kier molecular flexibility index (Phi) is 11.4. The van der Waals surface area contributed by atoms with E-state index < -0.39 is 17.2 Å². The Balaban J connectivity index is 0. The molecule has 0 radical (unpaired) electrons. The zero-order valence-corrected chi connectivity index (χ0v) is 6.50. The van der Waals surface area contributed by atoms with Crippen molar-refractivity contribution in [2.24, 2.45) is 5.73 Å². The van der Waals surface area contributed by atoms with Crippen LogP contribution in [0.5, 0.6) is 0 Å². The highest BCUT2D eigenvalue weighted by Gasteiger charge is 1.92. The fourth-order valence-electron chi connectivity index (χ4n) is 0.0745. The average molecular weight is 170 g/mol. The summed E-state index contributed by atoms with van der Waals surface area (Å²) in [5.41, 5.74) is 4.87. The van der Waals surface area contributed by atoms with Gasteiger partial charge in [0.15, 0.2) is 0 Å². The van der Waals surface area contributed by atoms with E-state index in [0.717, 1.165) is 6.26 Å². The zero-order chi connectivity index (χ0) is 8.57. The van der Waals surface area contributed by atoms with Gasteiger partial charge in [-0.2, -0.15) is 0 Å². The summed E-state index contributed by atoms with van der Waals surface area (Å²) in [6, 6.07) is 0. The van der Waals surface area contributed by atoms with Crippen molar-refractivity contribution in [3.63, 3.8) is 0 Å².